The van der Waals surface area contributed by atoms with Gasteiger partial charge >= 0.3 is 0 Å². The molecule has 1 saturated heterocycles. The summed E-state index contributed by atoms with van der Waals surface area (Å²) < 4.78 is 11.3. The number of ether oxygens (including phenoxy) is 2. The number of hydrogen-bond donors (Lipinski definition) is 0. The fraction of sp³-hybridized carbons (Fsp3) is 0.562. The summed E-state index contributed by atoms with van der Waals surface area (Å²) in [6.07, 6.45) is 7.01. The first kappa shape index (κ1) is 15.9. The van der Waals surface area contributed by atoms with E-state index in [1.165, 1.54) is 0 Å². The number of carbonyl (C=O) groups excluding carboxylic acids is 1. The summed E-state index contributed by atoms with van der Waals surface area (Å²) in [7, 11) is 0. The van der Waals surface area contributed by atoms with E-state index in [0.29, 0.717) is 32.5 Å². The molecule has 1 saturated carbocycles. The van der Waals surface area contributed by atoms with Gasteiger partial charge < -0.3 is 9.47 Å². The molecule has 1 heterocycles. The van der Waals surface area contributed by atoms with E-state index in [2.05, 4.69) is 13.2 Å². The van der Waals surface area contributed by atoms with Gasteiger partial charge in [-0.05, 0) is 5.57 Å². The van der Waals surface area contributed by atoms with Crippen LogP contribution in [0.1, 0.15) is 33.1 Å². The van der Waals surface area contributed by atoms with Crippen molar-refractivity contribution in [2.45, 2.75) is 38.9 Å². The fourth-order valence-corrected chi connectivity index (χ4v) is 2.54. The van der Waals surface area contributed by atoms with Crippen molar-refractivity contribution in [3.8, 4) is 0 Å². The van der Waals surface area contributed by atoms with Crippen LogP contribution < -0.4 is 0 Å². The lowest BCUT2D eigenvalue weighted by molar-refractivity contribution is -0.186. The van der Waals surface area contributed by atoms with Crippen LogP contribution in [0.2, 0.25) is 0 Å². The molecule has 1 atom stereocenters. The number of Topliss-reactive ketones (excluding diaryl/α,β-unsaturated/α-hetero) is 1. The van der Waals surface area contributed by atoms with E-state index < -0.39 is 5.79 Å². The molecule has 0 amide bonds. The first-order valence-electron chi connectivity index (χ1n) is 6.96. The Kier molecular flexibility index (Phi) is 6.19. The molecule has 0 aromatic carbocycles. The summed E-state index contributed by atoms with van der Waals surface area (Å²) in [6.45, 7) is 12.7. The van der Waals surface area contributed by atoms with Crippen molar-refractivity contribution >= 4 is 5.78 Å². The minimum absolute atomic E-state index is 0.169. The zero-order chi connectivity index (χ0) is 14.3. The van der Waals surface area contributed by atoms with Crippen molar-refractivity contribution in [2.24, 2.45) is 5.92 Å². The average molecular weight is 264 g/mol. The molecule has 0 aromatic heterocycles. The molecule has 106 valence electrons. The SMILES string of the molecule is C=C/C=C(\C=C)C1CC2(CCC1=O)OCCO2.CC. The number of ketones is 1. The molecular weight excluding hydrogens is 240 g/mol. The number of carbonyl (C=O) groups is 1. The molecule has 0 bridgehead atoms. The maximum absolute atomic E-state index is 12.0. The third kappa shape index (κ3) is 3.64. The zero-order valence-corrected chi connectivity index (χ0v) is 12.0. The molecule has 19 heavy (non-hydrogen) atoms. The van der Waals surface area contributed by atoms with Gasteiger partial charge in [-0.2, -0.15) is 0 Å². The van der Waals surface area contributed by atoms with Gasteiger partial charge in [0.15, 0.2) is 5.79 Å². The van der Waals surface area contributed by atoms with Crippen molar-refractivity contribution in [1.82, 2.24) is 0 Å². The summed E-state index contributed by atoms with van der Waals surface area (Å²) >= 11 is 0. The van der Waals surface area contributed by atoms with Crippen molar-refractivity contribution in [1.29, 1.82) is 0 Å². The predicted molar refractivity (Wildman–Crippen MR) is 76.8 cm³/mol. The molecule has 1 spiro atoms. The first-order valence-corrected chi connectivity index (χ1v) is 6.96. The lowest BCUT2D eigenvalue weighted by Gasteiger charge is -2.35. The predicted octanol–water partition coefficient (Wildman–Crippen LogP) is 3.42. The number of allylic oxidation sites excluding steroid dienone is 4. The van der Waals surface area contributed by atoms with Crippen molar-refractivity contribution < 1.29 is 14.3 Å². The van der Waals surface area contributed by atoms with E-state index >= 15 is 0 Å². The standard InChI is InChI=1S/C14H18O3.C2H6/c1-3-5-11(4-2)12-10-14(7-6-13(12)15)16-8-9-17-14;1-2/h3-5,12H,1-2,6-10H2;1-2H3/b11-5+;. The van der Waals surface area contributed by atoms with Gasteiger partial charge in [-0.1, -0.05) is 45.2 Å². The van der Waals surface area contributed by atoms with Crippen molar-refractivity contribution in [3.05, 3.63) is 37.0 Å². The third-order valence-electron chi connectivity index (χ3n) is 3.42. The molecule has 2 fully saturated rings. The summed E-state index contributed by atoms with van der Waals surface area (Å²) in [4.78, 5) is 12.0. The van der Waals surface area contributed by atoms with Gasteiger partial charge in [-0.15, -0.1) is 0 Å². The third-order valence-corrected chi connectivity index (χ3v) is 3.42. The molecule has 0 radical (unpaired) electrons. The highest BCUT2D eigenvalue weighted by atomic mass is 16.7. The summed E-state index contributed by atoms with van der Waals surface area (Å²) in [5, 5.41) is 0. The molecule has 2 rings (SSSR count). The van der Waals surface area contributed by atoms with Crippen LogP contribution in [0.25, 0.3) is 0 Å². The zero-order valence-electron chi connectivity index (χ0n) is 12.0. The van der Waals surface area contributed by atoms with Gasteiger partial charge in [0.2, 0.25) is 0 Å². The van der Waals surface area contributed by atoms with Crippen LogP contribution in [0.15, 0.2) is 37.0 Å². The molecule has 2 aliphatic rings. The Bertz CT molecular complexity index is 362. The lowest BCUT2D eigenvalue weighted by Crippen LogP contribution is -2.41. The first-order chi connectivity index (χ1) is 9.21. The molecule has 3 nitrogen and oxygen atoms in total. The van der Waals surface area contributed by atoms with Gasteiger partial charge in [0.1, 0.15) is 5.78 Å². The molecule has 0 aromatic rings. The van der Waals surface area contributed by atoms with E-state index in [1.807, 2.05) is 19.9 Å². The van der Waals surface area contributed by atoms with E-state index in [4.69, 9.17) is 9.47 Å². The number of hydrogen-bond acceptors (Lipinski definition) is 3. The highest BCUT2D eigenvalue weighted by Gasteiger charge is 2.45. The fourth-order valence-electron chi connectivity index (χ4n) is 2.54. The maximum atomic E-state index is 12.0. The van der Waals surface area contributed by atoms with Crippen LogP contribution in [-0.4, -0.2) is 24.8 Å². The molecule has 0 N–H and O–H groups in total. The summed E-state index contributed by atoms with van der Waals surface area (Å²) in [6, 6.07) is 0. The van der Waals surface area contributed by atoms with Crippen LogP contribution in [0.3, 0.4) is 0 Å². The quantitative estimate of drug-likeness (QED) is 0.733. The van der Waals surface area contributed by atoms with E-state index in [1.54, 1.807) is 12.2 Å². The highest BCUT2D eigenvalue weighted by molar-refractivity contribution is 5.85. The molecular formula is C16H24O3. The largest absolute Gasteiger partial charge is 0.347 e. The van der Waals surface area contributed by atoms with E-state index in [-0.39, 0.29) is 11.7 Å². The van der Waals surface area contributed by atoms with Crippen LogP contribution in [0.4, 0.5) is 0 Å². The van der Waals surface area contributed by atoms with Gasteiger partial charge in [0.05, 0.1) is 13.2 Å². The van der Waals surface area contributed by atoms with E-state index in [0.717, 1.165) is 5.57 Å². The maximum Gasteiger partial charge on any atom is 0.169 e. The van der Waals surface area contributed by atoms with Gasteiger partial charge in [0.25, 0.3) is 0 Å². The van der Waals surface area contributed by atoms with Crippen molar-refractivity contribution in [3.63, 3.8) is 0 Å². The average Bonchev–Trinajstić information content (AvgIpc) is 2.90. The van der Waals surface area contributed by atoms with Crippen LogP contribution in [0, 0.1) is 5.92 Å². The lowest BCUT2D eigenvalue weighted by atomic mass is 9.79. The van der Waals surface area contributed by atoms with E-state index in [9.17, 15) is 4.79 Å². The monoisotopic (exact) mass is 264 g/mol. The second kappa shape index (κ2) is 7.41. The van der Waals surface area contributed by atoms with Crippen molar-refractivity contribution in [2.75, 3.05) is 13.2 Å². The summed E-state index contributed by atoms with van der Waals surface area (Å²) in [5.41, 5.74) is 0.906. The van der Waals surface area contributed by atoms with Gasteiger partial charge in [-0.3, -0.25) is 4.79 Å². The second-order valence-corrected chi connectivity index (χ2v) is 4.44. The minimum Gasteiger partial charge on any atom is -0.347 e. The summed E-state index contributed by atoms with van der Waals surface area (Å²) in [5.74, 6) is -0.470. The minimum atomic E-state index is -0.540. The molecule has 1 aliphatic heterocycles. The topological polar surface area (TPSA) is 35.5 Å². The van der Waals surface area contributed by atoms with Crippen LogP contribution >= 0.6 is 0 Å². The van der Waals surface area contributed by atoms with Gasteiger partial charge in [-0.25, -0.2) is 0 Å². The van der Waals surface area contributed by atoms with Crippen LogP contribution in [0.5, 0.6) is 0 Å². The highest BCUT2D eigenvalue weighted by Crippen LogP contribution is 2.39. The Morgan fingerprint density at radius 1 is 1.32 bits per heavy atom. The normalized spacial score (nSPS) is 25.7. The second-order valence-electron chi connectivity index (χ2n) is 4.44. The Labute approximate surface area is 116 Å². The van der Waals surface area contributed by atoms with Crippen LogP contribution in [-0.2, 0) is 14.3 Å². The Balaban J connectivity index is 0.000000861. The Morgan fingerprint density at radius 3 is 2.47 bits per heavy atom. The molecule has 3 heteroatoms. The number of rotatable bonds is 3. The molecule has 1 aliphatic carbocycles. The van der Waals surface area contributed by atoms with Gasteiger partial charge in [0, 0.05) is 25.2 Å². The Morgan fingerprint density at radius 2 is 1.95 bits per heavy atom. The smallest absolute Gasteiger partial charge is 0.169 e. The molecule has 1 unspecified atom stereocenters. The Hall–Kier alpha value is -1.19.